The van der Waals surface area contributed by atoms with Crippen LogP contribution in [0.15, 0.2) is 0 Å². The van der Waals surface area contributed by atoms with Crippen LogP contribution in [0.3, 0.4) is 0 Å². The molecule has 30 valence electrons. The molecule has 0 heterocycles. The Bertz CT molecular complexity index is 20.0. The second kappa shape index (κ2) is 3.74. The molecule has 0 bridgehead atoms. The molecule has 0 aliphatic carbocycles. The average Bonchev–Trinajstić information content (AvgIpc) is 1.37. The standard InChI is InChI=1S/C2H5.Cu.S/c1-2;;/h1H2,2H3;;. The van der Waals surface area contributed by atoms with Crippen LogP contribution in [-0.2, 0) is 13.3 Å². The van der Waals surface area contributed by atoms with E-state index in [0.29, 0.717) is 0 Å². The summed E-state index contributed by atoms with van der Waals surface area (Å²) in [6, 6.07) is 0. The van der Waals surface area contributed by atoms with Crippen molar-refractivity contribution in [2.45, 2.75) is 12.2 Å². The van der Waals surface area contributed by atoms with Crippen molar-refractivity contribution in [3.8, 4) is 0 Å². The van der Waals surface area contributed by atoms with Gasteiger partial charge in [-0.2, -0.15) is 0 Å². The minimum atomic E-state index is 1.04. The van der Waals surface area contributed by atoms with Crippen LogP contribution >= 0.6 is 10.6 Å². The maximum atomic E-state index is 4.46. The van der Waals surface area contributed by atoms with E-state index in [0.717, 1.165) is 5.32 Å². The predicted octanol–water partition coefficient (Wildman–Crippen LogP) is 1.62. The van der Waals surface area contributed by atoms with E-state index in [1.165, 1.54) is 13.3 Å². The van der Waals surface area contributed by atoms with Gasteiger partial charge < -0.3 is 0 Å². The van der Waals surface area contributed by atoms with Crippen molar-refractivity contribution in [3.63, 3.8) is 0 Å². The Morgan fingerprint density at radius 2 is 2.25 bits per heavy atom. The normalized spacial score (nSPS) is 8.25. The zero-order valence-electron chi connectivity index (χ0n) is 2.42. The van der Waals surface area contributed by atoms with Gasteiger partial charge in [0.2, 0.25) is 0 Å². The fraction of sp³-hybridized carbons (Fsp3) is 1.00. The second-order valence-corrected chi connectivity index (χ2v) is 1.96. The summed E-state index contributed by atoms with van der Waals surface area (Å²) in [5.41, 5.74) is 0. The zero-order valence-corrected chi connectivity index (χ0v) is 4.18. The molecule has 0 aromatic carbocycles. The van der Waals surface area contributed by atoms with Gasteiger partial charge in [0.15, 0.2) is 0 Å². The first-order valence-electron chi connectivity index (χ1n) is 1.04. The van der Waals surface area contributed by atoms with Crippen LogP contribution in [0.2, 0.25) is 5.32 Å². The van der Waals surface area contributed by atoms with Crippen LogP contribution < -0.4 is 0 Å². The molecule has 0 amide bonds. The van der Waals surface area contributed by atoms with Crippen LogP contribution in [0.25, 0.3) is 0 Å². The second-order valence-electron chi connectivity index (χ2n) is 0.300. The summed E-state index contributed by atoms with van der Waals surface area (Å²) in [6.07, 6.45) is 0. The summed E-state index contributed by atoms with van der Waals surface area (Å²) in [7, 11) is 4.46. The van der Waals surface area contributed by atoms with Gasteiger partial charge in [-0.1, -0.05) is 0 Å². The van der Waals surface area contributed by atoms with Crippen LogP contribution in [0.4, 0.5) is 0 Å². The van der Waals surface area contributed by atoms with Gasteiger partial charge in [-0.3, -0.25) is 0 Å². The summed E-state index contributed by atoms with van der Waals surface area (Å²) in [5, 5.41) is 1.04. The van der Waals surface area contributed by atoms with Crippen molar-refractivity contribution < 1.29 is 13.3 Å². The molecule has 2 heteroatoms. The molecular formula is C2H5CuS. The van der Waals surface area contributed by atoms with E-state index in [-0.39, 0.29) is 0 Å². The molecule has 0 spiro atoms. The van der Waals surface area contributed by atoms with Gasteiger partial charge in [0.05, 0.1) is 0 Å². The molecule has 0 N–H and O–H groups in total. The molecule has 0 aliphatic heterocycles. The summed E-state index contributed by atoms with van der Waals surface area (Å²) in [5.74, 6) is 0. The van der Waals surface area contributed by atoms with Crippen molar-refractivity contribution in [2.75, 3.05) is 0 Å². The van der Waals surface area contributed by atoms with Crippen molar-refractivity contribution >= 4 is 10.6 Å². The first kappa shape index (κ1) is 4.74. The van der Waals surface area contributed by atoms with Gasteiger partial charge in [-0.15, -0.1) is 0 Å². The number of rotatable bonds is 1. The Morgan fingerprint density at radius 1 is 2.00 bits per heavy atom. The fourth-order valence-corrected chi connectivity index (χ4v) is 0. The molecule has 0 saturated carbocycles. The minimum absolute atomic E-state index is 1.04. The van der Waals surface area contributed by atoms with Crippen LogP contribution in [0.5, 0.6) is 0 Å². The van der Waals surface area contributed by atoms with E-state index in [9.17, 15) is 0 Å². The van der Waals surface area contributed by atoms with Gasteiger partial charge in [-0.25, -0.2) is 0 Å². The van der Waals surface area contributed by atoms with E-state index in [1.54, 1.807) is 0 Å². The Hall–Kier alpha value is 0.739. The molecule has 0 rings (SSSR count). The van der Waals surface area contributed by atoms with Gasteiger partial charge in [0, 0.05) is 0 Å². The third kappa shape index (κ3) is 2.74. The van der Waals surface area contributed by atoms with Crippen LogP contribution in [-0.4, -0.2) is 0 Å². The molecule has 0 fully saturated rings. The summed E-state index contributed by atoms with van der Waals surface area (Å²) in [6.45, 7) is 2.03. The van der Waals surface area contributed by atoms with Gasteiger partial charge >= 0.3 is 36.1 Å². The Labute approximate surface area is 36.6 Å². The molecule has 0 aliphatic rings. The molecule has 0 saturated heterocycles. The number of hydrogen-bond donors (Lipinski definition) is 0. The van der Waals surface area contributed by atoms with Crippen molar-refractivity contribution in [3.05, 3.63) is 0 Å². The molecule has 0 aromatic heterocycles. The van der Waals surface area contributed by atoms with E-state index < -0.39 is 0 Å². The number of hydrogen-bond acceptors (Lipinski definition) is 1. The molecule has 0 nitrogen and oxygen atoms in total. The van der Waals surface area contributed by atoms with E-state index in [4.69, 9.17) is 0 Å². The molecule has 4 heavy (non-hydrogen) atoms. The van der Waals surface area contributed by atoms with E-state index >= 15 is 0 Å². The van der Waals surface area contributed by atoms with Gasteiger partial charge in [-0.05, 0) is 0 Å². The average molecular weight is 125 g/mol. The topological polar surface area (TPSA) is 0 Å². The van der Waals surface area contributed by atoms with E-state index in [1.807, 2.05) is 6.92 Å². The van der Waals surface area contributed by atoms with Crippen molar-refractivity contribution in [1.29, 1.82) is 0 Å². The molecule has 0 unspecified atom stereocenters. The summed E-state index contributed by atoms with van der Waals surface area (Å²) in [4.78, 5) is 0. The van der Waals surface area contributed by atoms with Gasteiger partial charge in [0.1, 0.15) is 0 Å². The summed E-state index contributed by atoms with van der Waals surface area (Å²) >= 11 is 1.51. The van der Waals surface area contributed by atoms with Crippen LogP contribution in [0.1, 0.15) is 6.92 Å². The SMILES string of the molecule is C[CH2][Cu]=[S]. The van der Waals surface area contributed by atoms with E-state index in [2.05, 4.69) is 10.6 Å². The third-order valence-corrected chi connectivity index (χ3v) is 1.08. The maximum absolute atomic E-state index is 4.46. The molecule has 0 aromatic rings. The van der Waals surface area contributed by atoms with Crippen molar-refractivity contribution in [1.82, 2.24) is 0 Å². The zero-order chi connectivity index (χ0) is 3.41. The molecular weight excluding hydrogens is 120 g/mol. The predicted molar refractivity (Wildman–Crippen MR) is 18.1 cm³/mol. The van der Waals surface area contributed by atoms with Crippen molar-refractivity contribution in [2.24, 2.45) is 0 Å². The van der Waals surface area contributed by atoms with Crippen LogP contribution in [0, 0.1) is 0 Å². The van der Waals surface area contributed by atoms with Gasteiger partial charge in [0.25, 0.3) is 0 Å². The quantitative estimate of drug-likeness (QED) is 0.479. The Kier molecular flexibility index (Phi) is 4.43. The Balaban J connectivity index is 2.30. The fourth-order valence-electron chi connectivity index (χ4n) is 0. The monoisotopic (exact) mass is 124 g/mol. The third-order valence-electron chi connectivity index (χ3n) is 0.0870. The first-order chi connectivity index (χ1) is 1.91. The molecule has 0 radical (unpaired) electrons. The first-order valence-corrected chi connectivity index (χ1v) is 3.11. The summed E-state index contributed by atoms with van der Waals surface area (Å²) < 4.78 is 0. The molecule has 0 atom stereocenters. The Morgan fingerprint density at radius 3 is 2.25 bits per heavy atom.